The molecule has 2 aromatic heterocycles. The fraction of sp³-hybridized carbons (Fsp3) is 0.450. The summed E-state index contributed by atoms with van der Waals surface area (Å²) in [4.78, 5) is 15.0. The number of fused-ring (bicyclic) bond motifs is 1. The topological polar surface area (TPSA) is 97.8 Å². The summed E-state index contributed by atoms with van der Waals surface area (Å²) >= 11 is 0. The third-order valence-electron chi connectivity index (χ3n) is 4.66. The van der Waals surface area contributed by atoms with Crippen LogP contribution in [0, 0.1) is 0 Å². The lowest BCUT2D eigenvalue weighted by atomic mass is 9.83. The third kappa shape index (κ3) is 3.73. The van der Waals surface area contributed by atoms with Crippen LogP contribution in [0.25, 0.3) is 11.2 Å². The Kier molecular flexibility index (Phi) is 5.43. The molecule has 0 unspecified atom stereocenters. The van der Waals surface area contributed by atoms with E-state index >= 15 is 0 Å². The molecule has 0 bridgehead atoms. The van der Waals surface area contributed by atoms with Gasteiger partial charge >= 0.3 is 16.1 Å². The summed E-state index contributed by atoms with van der Waals surface area (Å²) in [5.41, 5.74) is 3.90. The number of aromatic nitrogens is 4. The number of hydrogen-bond acceptors (Lipinski definition) is 6. The first-order valence-electron chi connectivity index (χ1n) is 9.38. The summed E-state index contributed by atoms with van der Waals surface area (Å²) in [7, 11) is -4.08. The number of nitrogens with zero attached hydrogens (tertiary/aromatic N) is 3. The molecule has 1 aromatic carbocycles. The van der Waals surface area contributed by atoms with Gasteiger partial charge in [-0.3, -0.25) is 4.98 Å². The van der Waals surface area contributed by atoms with E-state index in [-0.39, 0.29) is 22.7 Å². The van der Waals surface area contributed by atoms with Gasteiger partial charge in [0.15, 0.2) is 5.65 Å². The van der Waals surface area contributed by atoms with E-state index in [0.29, 0.717) is 17.1 Å². The maximum Gasteiger partial charge on any atom is 0.342 e. The van der Waals surface area contributed by atoms with Crippen LogP contribution in [0.15, 0.2) is 29.6 Å². The van der Waals surface area contributed by atoms with Gasteiger partial charge in [-0.2, -0.15) is 13.4 Å². The predicted octanol–water partition coefficient (Wildman–Crippen LogP) is 4.49. The minimum absolute atomic E-state index is 0.0195. The molecule has 8 heteroatoms. The van der Waals surface area contributed by atoms with Crippen molar-refractivity contribution in [1.29, 1.82) is 0 Å². The molecule has 0 spiro atoms. The van der Waals surface area contributed by atoms with Gasteiger partial charge in [-0.15, -0.1) is 0 Å². The maximum absolute atomic E-state index is 13.1. The summed E-state index contributed by atoms with van der Waals surface area (Å²) in [6.45, 7) is 12.4. The van der Waals surface area contributed by atoms with Gasteiger partial charge in [0.05, 0.1) is 6.20 Å². The molecule has 7 nitrogen and oxygen atoms in total. The van der Waals surface area contributed by atoms with E-state index in [9.17, 15) is 8.42 Å². The Morgan fingerprint density at radius 1 is 0.964 bits per heavy atom. The average molecular weight is 403 g/mol. The van der Waals surface area contributed by atoms with Gasteiger partial charge in [-0.05, 0) is 40.5 Å². The van der Waals surface area contributed by atoms with Crippen molar-refractivity contribution in [1.82, 2.24) is 19.9 Å². The average Bonchev–Trinajstić information content (AvgIpc) is 3.01. The largest absolute Gasteiger partial charge is 0.342 e. The molecule has 28 heavy (non-hydrogen) atoms. The number of hydrogen-bond donors (Lipinski definition) is 1. The van der Waals surface area contributed by atoms with Gasteiger partial charge in [-0.25, -0.2) is 9.97 Å². The molecule has 0 saturated carbocycles. The highest BCUT2D eigenvalue weighted by molar-refractivity contribution is 7.87. The number of imidazole rings is 1. The van der Waals surface area contributed by atoms with Gasteiger partial charge in [0.1, 0.15) is 16.7 Å². The van der Waals surface area contributed by atoms with E-state index in [1.165, 1.54) is 12.5 Å². The van der Waals surface area contributed by atoms with Gasteiger partial charge < -0.3 is 4.18 Å². The Bertz CT molecular complexity index is 1070. The molecule has 0 atom stereocenters. The van der Waals surface area contributed by atoms with Crippen molar-refractivity contribution in [2.24, 2.45) is 0 Å². The molecule has 0 aliphatic heterocycles. The summed E-state index contributed by atoms with van der Waals surface area (Å²) in [6, 6.07) is 3.42. The molecule has 3 aromatic rings. The normalized spacial score (nSPS) is 12.5. The zero-order valence-electron chi connectivity index (χ0n) is 17.0. The number of rotatable bonds is 6. The van der Waals surface area contributed by atoms with E-state index in [2.05, 4.69) is 47.6 Å². The van der Waals surface area contributed by atoms with Crippen molar-refractivity contribution in [3.8, 4) is 6.01 Å². The van der Waals surface area contributed by atoms with Crippen LogP contribution in [0.3, 0.4) is 0 Å². The van der Waals surface area contributed by atoms with E-state index in [1.54, 1.807) is 6.07 Å². The smallest absolute Gasteiger partial charge is 0.341 e. The van der Waals surface area contributed by atoms with Gasteiger partial charge in [0.25, 0.3) is 0 Å². The third-order valence-corrected chi connectivity index (χ3v) is 5.93. The molecule has 3 rings (SSSR count). The second-order valence-corrected chi connectivity index (χ2v) is 9.30. The molecule has 1 N–H and O–H groups in total. The van der Waals surface area contributed by atoms with E-state index in [0.717, 1.165) is 16.7 Å². The van der Waals surface area contributed by atoms with Crippen molar-refractivity contribution < 1.29 is 12.6 Å². The Labute approximate surface area is 165 Å². The molecule has 0 amide bonds. The lowest BCUT2D eigenvalue weighted by molar-refractivity contribution is 0.466. The first-order chi connectivity index (χ1) is 13.1. The monoisotopic (exact) mass is 402 g/mol. The van der Waals surface area contributed by atoms with E-state index in [4.69, 9.17) is 4.18 Å². The van der Waals surface area contributed by atoms with Crippen LogP contribution >= 0.6 is 0 Å². The molecular formula is C20H26N4O3S. The van der Waals surface area contributed by atoms with Gasteiger partial charge in [0, 0.05) is 0 Å². The standard InChI is InChI=1S/C20H26N4O3S/c1-11(2)14-7-8-16(18(13(5)6)17(14)12(3)4)28(25,26)27-20-23-15-9-21-10-22-19(15)24-20/h7-13H,1-6H3,(H,21,22,23,24). The molecule has 0 radical (unpaired) electrons. The van der Waals surface area contributed by atoms with Crippen LogP contribution in [0.1, 0.15) is 76.0 Å². The van der Waals surface area contributed by atoms with Crippen molar-refractivity contribution in [2.45, 2.75) is 64.2 Å². The van der Waals surface area contributed by atoms with Crippen molar-refractivity contribution >= 4 is 21.3 Å². The zero-order chi connectivity index (χ0) is 20.6. The van der Waals surface area contributed by atoms with Crippen LogP contribution in [-0.4, -0.2) is 28.4 Å². The van der Waals surface area contributed by atoms with Crippen LogP contribution in [-0.2, 0) is 10.1 Å². The maximum atomic E-state index is 13.1. The van der Waals surface area contributed by atoms with Gasteiger partial charge in [0.2, 0.25) is 0 Å². The van der Waals surface area contributed by atoms with E-state index < -0.39 is 10.1 Å². The minimum atomic E-state index is -4.08. The quantitative estimate of drug-likeness (QED) is 0.610. The summed E-state index contributed by atoms with van der Waals surface area (Å²) in [6.07, 6.45) is 2.85. The molecule has 0 fully saturated rings. The van der Waals surface area contributed by atoms with Gasteiger partial charge in [-0.1, -0.05) is 47.6 Å². The number of nitrogens with one attached hydrogen (secondary N) is 1. The second-order valence-electron chi connectivity index (χ2n) is 7.78. The Morgan fingerprint density at radius 3 is 2.21 bits per heavy atom. The number of H-pyrrole nitrogens is 1. The van der Waals surface area contributed by atoms with Crippen molar-refractivity contribution in [3.05, 3.63) is 41.3 Å². The highest BCUT2D eigenvalue weighted by atomic mass is 32.2. The van der Waals surface area contributed by atoms with Crippen LogP contribution in [0.5, 0.6) is 6.01 Å². The first-order valence-corrected chi connectivity index (χ1v) is 10.8. The van der Waals surface area contributed by atoms with Crippen LogP contribution in [0.4, 0.5) is 0 Å². The highest BCUT2D eigenvalue weighted by Gasteiger charge is 2.28. The van der Waals surface area contributed by atoms with E-state index in [1.807, 2.05) is 19.9 Å². The Hall–Kier alpha value is -2.48. The summed E-state index contributed by atoms with van der Waals surface area (Å²) in [5, 5.41) is 0. The molecule has 150 valence electrons. The molecule has 0 aliphatic rings. The molecule has 0 aliphatic carbocycles. The SMILES string of the molecule is CC(C)c1ccc(S(=O)(=O)Oc2nc3cncnc3[nH]2)c(C(C)C)c1C(C)C. The zero-order valence-corrected chi connectivity index (χ0v) is 17.8. The van der Waals surface area contributed by atoms with Crippen LogP contribution < -0.4 is 4.18 Å². The molecule has 2 heterocycles. The lowest BCUT2D eigenvalue weighted by Gasteiger charge is -2.25. The Balaban J connectivity index is 2.13. The lowest BCUT2D eigenvalue weighted by Crippen LogP contribution is -2.17. The molecule has 0 saturated heterocycles. The fourth-order valence-corrected chi connectivity index (χ4v) is 4.75. The summed E-state index contributed by atoms with van der Waals surface area (Å²) < 4.78 is 31.6. The minimum Gasteiger partial charge on any atom is -0.341 e. The first kappa shape index (κ1) is 20.3. The number of aromatic amines is 1. The van der Waals surface area contributed by atoms with Crippen LogP contribution in [0.2, 0.25) is 0 Å². The number of benzene rings is 1. The van der Waals surface area contributed by atoms with Crippen molar-refractivity contribution in [3.63, 3.8) is 0 Å². The Morgan fingerprint density at radius 2 is 1.64 bits per heavy atom. The molecular weight excluding hydrogens is 376 g/mol. The second kappa shape index (κ2) is 7.50. The summed E-state index contributed by atoms with van der Waals surface area (Å²) in [5.74, 6) is 0.499. The highest BCUT2D eigenvalue weighted by Crippen LogP contribution is 2.38. The fourth-order valence-electron chi connectivity index (χ4n) is 3.52. The van der Waals surface area contributed by atoms with Crippen molar-refractivity contribution in [2.75, 3.05) is 0 Å². The predicted molar refractivity (Wildman–Crippen MR) is 108 cm³/mol.